The predicted molar refractivity (Wildman–Crippen MR) is 128 cm³/mol. The fraction of sp³-hybridized carbons (Fsp3) is 0.423. The van der Waals surface area contributed by atoms with Crippen molar-refractivity contribution in [2.75, 3.05) is 32.1 Å². The first-order valence-corrected chi connectivity index (χ1v) is 11.3. The molecule has 2 aromatic carbocycles. The van der Waals surface area contributed by atoms with Crippen molar-refractivity contribution < 1.29 is 19.1 Å². The third kappa shape index (κ3) is 7.34. The number of ether oxygens (including phenoxy) is 1. The summed E-state index contributed by atoms with van der Waals surface area (Å²) >= 11 is 0. The van der Waals surface area contributed by atoms with Crippen LogP contribution in [0.15, 0.2) is 48.5 Å². The Morgan fingerprint density at radius 2 is 1.61 bits per heavy atom. The van der Waals surface area contributed by atoms with E-state index in [9.17, 15) is 14.4 Å². The minimum absolute atomic E-state index is 0.00154. The largest absolute Gasteiger partial charge is 0.497 e. The molecule has 2 N–H and O–H groups in total. The third-order valence-corrected chi connectivity index (χ3v) is 5.61. The van der Waals surface area contributed by atoms with Gasteiger partial charge in [0.1, 0.15) is 5.75 Å². The number of hydrogen-bond acceptors (Lipinski definition) is 4. The SMILES string of the molecule is COc1ccc(NC(=O)CNC(=O)CN(CC2CC2)C(=O)c2ccc(C(C)(C)C)cc2)cc1. The summed E-state index contributed by atoms with van der Waals surface area (Å²) in [6, 6.07) is 14.5. The van der Waals surface area contributed by atoms with Crippen molar-refractivity contribution in [1.29, 1.82) is 0 Å². The van der Waals surface area contributed by atoms with Gasteiger partial charge in [0.2, 0.25) is 11.8 Å². The van der Waals surface area contributed by atoms with Crippen LogP contribution in [0.5, 0.6) is 5.75 Å². The highest BCUT2D eigenvalue weighted by Crippen LogP contribution is 2.30. The van der Waals surface area contributed by atoms with Crippen LogP contribution < -0.4 is 15.4 Å². The van der Waals surface area contributed by atoms with Crippen LogP contribution in [-0.2, 0) is 15.0 Å². The molecule has 2 aromatic rings. The van der Waals surface area contributed by atoms with Gasteiger partial charge in [-0.2, -0.15) is 0 Å². The Morgan fingerprint density at radius 3 is 2.15 bits per heavy atom. The van der Waals surface area contributed by atoms with Gasteiger partial charge in [0.15, 0.2) is 0 Å². The summed E-state index contributed by atoms with van der Waals surface area (Å²) in [5.41, 5.74) is 2.32. The van der Waals surface area contributed by atoms with Gasteiger partial charge in [-0.15, -0.1) is 0 Å². The first-order chi connectivity index (χ1) is 15.7. The number of carbonyl (C=O) groups excluding carboxylic acids is 3. The highest BCUT2D eigenvalue weighted by molar-refractivity contribution is 5.98. The Bertz CT molecular complexity index is 974. The maximum atomic E-state index is 13.1. The van der Waals surface area contributed by atoms with E-state index in [4.69, 9.17) is 4.74 Å². The molecule has 0 aliphatic heterocycles. The number of anilines is 1. The van der Waals surface area contributed by atoms with Gasteiger partial charge in [-0.3, -0.25) is 14.4 Å². The number of nitrogens with zero attached hydrogens (tertiary/aromatic N) is 1. The number of rotatable bonds is 9. The first-order valence-electron chi connectivity index (χ1n) is 11.3. The van der Waals surface area contributed by atoms with E-state index in [1.807, 2.05) is 24.3 Å². The van der Waals surface area contributed by atoms with Crippen molar-refractivity contribution in [3.8, 4) is 5.75 Å². The second-order valence-corrected chi connectivity index (χ2v) is 9.51. The molecule has 0 bridgehead atoms. The average Bonchev–Trinajstić information content (AvgIpc) is 3.61. The van der Waals surface area contributed by atoms with Crippen molar-refractivity contribution in [2.45, 2.75) is 39.0 Å². The molecule has 7 heteroatoms. The fourth-order valence-corrected chi connectivity index (χ4v) is 3.41. The van der Waals surface area contributed by atoms with Crippen LogP contribution in [0.3, 0.4) is 0 Å². The van der Waals surface area contributed by atoms with Gasteiger partial charge in [-0.05, 0) is 66.1 Å². The molecule has 0 saturated heterocycles. The zero-order chi connectivity index (χ0) is 24.0. The second kappa shape index (κ2) is 10.5. The molecular formula is C26H33N3O4. The zero-order valence-corrected chi connectivity index (χ0v) is 19.8. The Balaban J connectivity index is 1.55. The minimum atomic E-state index is -0.361. The summed E-state index contributed by atoms with van der Waals surface area (Å²) < 4.78 is 5.09. The van der Waals surface area contributed by atoms with Crippen LogP contribution >= 0.6 is 0 Å². The summed E-state index contributed by atoms with van der Waals surface area (Å²) in [4.78, 5) is 39.4. The van der Waals surface area contributed by atoms with E-state index in [-0.39, 0.29) is 36.2 Å². The Morgan fingerprint density at radius 1 is 0.970 bits per heavy atom. The topological polar surface area (TPSA) is 87.7 Å². The molecule has 1 aliphatic carbocycles. The maximum Gasteiger partial charge on any atom is 0.254 e. The van der Waals surface area contributed by atoms with E-state index in [2.05, 4.69) is 31.4 Å². The second-order valence-electron chi connectivity index (χ2n) is 9.51. The molecule has 0 aromatic heterocycles. The van der Waals surface area contributed by atoms with Crippen molar-refractivity contribution in [3.63, 3.8) is 0 Å². The lowest BCUT2D eigenvalue weighted by atomic mass is 9.86. The smallest absolute Gasteiger partial charge is 0.254 e. The summed E-state index contributed by atoms with van der Waals surface area (Å²) in [6.45, 7) is 6.67. The normalized spacial score (nSPS) is 13.2. The number of methoxy groups -OCH3 is 1. The quantitative estimate of drug-likeness (QED) is 0.610. The van der Waals surface area contributed by atoms with E-state index >= 15 is 0 Å². The molecule has 0 spiro atoms. The Hall–Kier alpha value is -3.35. The summed E-state index contributed by atoms with van der Waals surface area (Å²) in [6.07, 6.45) is 2.14. The fourth-order valence-electron chi connectivity index (χ4n) is 3.41. The summed E-state index contributed by atoms with van der Waals surface area (Å²) in [7, 11) is 1.57. The Labute approximate surface area is 195 Å². The van der Waals surface area contributed by atoms with E-state index < -0.39 is 0 Å². The molecule has 33 heavy (non-hydrogen) atoms. The molecular weight excluding hydrogens is 418 g/mol. The predicted octanol–water partition coefficient (Wildman–Crippen LogP) is 3.60. The number of amides is 3. The molecule has 0 heterocycles. The average molecular weight is 452 g/mol. The number of nitrogens with one attached hydrogen (secondary N) is 2. The van der Waals surface area contributed by atoms with E-state index in [0.717, 1.165) is 18.4 Å². The molecule has 0 radical (unpaired) electrons. The molecule has 0 atom stereocenters. The molecule has 1 saturated carbocycles. The molecule has 3 amide bonds. The van der Waals surface area contributed by atoms with E-state index in [0.29, 0.717) is 29.5 Å². The highest BCUT2D eigenvalue weighted by atomic mass is 16.5. The van der Waals surface area contributed by atoms with Gasteiger partial charge in [-0.1, -0.05) is 32.9 Å². The van der Waals surface area contributed by atoms with Crippen LogP contribution in [0.4, 0.5) is 5.69 Å². The standard InChI is InChI=1S/C26H33N3O4/c1-26(2,3)20-9-7-19(8-10-20)25(32)29(16-18-5-6-18)17-24(31)27-15-23(30)28-21-11-13-22(33-4)14-12-21/h7-14,18H,5-6,15-17H2,1-4H3,(H,27,31)(H,28,30). The lowest BCUT2D eigenvalue weighted by Crippen LogP contribution is -2.43. The zero-order valence-electron chi connectivity index (χ0n) is 19.8. The molecule has 176 valence electrons. The molecule has 0 unspecified atom stereocenters. The van der Waals surface area contributed by atoms with Crippen LogP contribution in [0.1, 0.15) is 49.5 Å². The Kier molecular flexibility index (Phi) is 7.74. The van der Waals surface area contributed by atoms with Crippen molar-refractivity contribution in [3.05, 3.63) is 59.7 Å². The highest BCUT2D eigenvalue weighted by Gasteiger charge is 2.29. The monoisotopic (exact) mass is 451 g/mol. The van der Waals surface area contributed by atoms with Gasteiger partial charge < -0.3 is 20.3 Å². The third-order valence-electron chi connectivity index (χ3n) is 5.61. The van der Waals surface area contributed by atoms with E-state index in [1.54, 1.807) is 36.3 Å². The van der Waals surface area contributed by atoms with Gasteiger partial charge in [-0.25, -0.2) is 0 Å². The van der Waals surface area contributed by atoms with Crippen LogP contribution in [0, 0.1) is 5.92 Å². The minimum Gasteiger partial charge on any atom is -0.497 e. The van der Waals surface area contributed by atoms with Gasteiger partial charge >= 0.3 is 0 Å². The number of carbonyl (C=O) groups is 3. The van der Waals surface area contributed by atoms with Crippen LogP contribution in [0.2, 0.25) is 0 Å². The van der Waals surface area contributed by atoms with Crippen LogP contribution in [0.25, 0.3) is 0 Å². The first kappa shape index (κ1) is 24.3. The molecule has 3 rings (SSSR count). The van der Waals surface area contributed by atoms with Crippen LogP contribution in [-0.4, -0.2) is 49.4 Å². The van der Waals surface area contributed by atoms with Gasteiger partial charge in [0.05, 0.1) is 20.2 Å². The van der Waals surface area contributed by atoms with Gasteiger partial charge in [0.25, 0.3) is 5.91 Å². The molecule has 1 aliphatic rings. The van der Waals surface area contributed by atoms with Crippen molar-refractivity contribution in [2.24, 2.45) is 5.92 Å². The molecule has 7 nitrogen and oxygen atoms in total. The molecule has 1 fully saturated rings. The van der Waals surface area contributed by atoms with Crippen molar-refractivity contribution in [1.82, 2.24) is 10.2 Å². The van der Waals surface area contributed by atoms with Crippen molar-refractivity contribution >= 4 is 23.4 Å². The summed E-state index contributed by atoms with van der Waals surface area (Å²) in [5.74, 6) is 0.260. The number of benzene rings is 2. The lowest BCUT2D eigenvalue weighted by molar-refractivity contribution is -0.124. The maximum absolute atomic E-state index is 13.1. The summed E-state index contributed by atoms with van der Waals surface area (Å²) in [5, 5.41) is 5.34. The van der Waals surface area contributed by atoms with Gasteiger partial charge in [0, 0.05) is 17.8 Å². The van der Waals surface area contributed by atoms with E-state index in [1.165, 1.54) is 0 Å². The lowest BCUT2D eigenvalue weighted by Gasteiger charge is -2.23. The number of hydrogen-bond donors (Lipinski definition) is 2.